The molecule has 1 aliphatic heterocycles. The van der Waals surface area contributed by atoms with E-state index in [9.17, 15) is 18.4 Å². The molecule has 84 valence electrons. The lowest BCUT2D eigenvalue weighted by Gasteiger charge is -2.14. The molecule has 0 aliphatic carbocycles. The quantitative estimate of drug-likeness (QED) is 0.717. The number of nitrogens with zero attached hydrogens (tertiary/aromatic N) is 1. The molecule has 1 saturated heterocycles. The van der Waals surface area contributed by atoms with Crippen molar-refractivity contribution in [1.82, 2.24) is 4.90 Å². The van der Waals surface area contributed by atoms with Gasteiger partial charge in [0.15, 0.2) is 0 Å². The summed E-state index contributed by atoms with van der Waals surface area (Å²) < 4.78 is 26.5. The minimum atomic E-state index is -0.743. The number of carbonyl (C=O) groups is 2. The number of hydrogen-bond acceptors (Lipinski definition) is 2. The summed E-state index contributed by atoms with van der Waals surface area (Å²) in [5.74, 6) is -2.25. The Labute approximate surface area is 90.7 Å². The van der Waals surface area contributed by atoms with Gasteiger partial charge in [-0.05, 0) is 12.1 Å². The summed E-state index contributed by atoms with van der Waals surface area (Å²) in [6.45, 7) is -0.323. The molecule has 0 spiro atoms. The molecule has 1 aromatic rings. The molecule has 0 aromatic heterocycles. The largest absolute Gasteiger partial charge is 0.278 e. The first-order valence-corrected chi connectivity index (χ1v) is 4.85. The molecule has 2 rings (SSSR count). The normalized spacial score (nSPS) is 16.0. The van der Waals surface area contributed by atoms with Gasteiger partial charge in [-0.1, -0.05) is 6.07 Å². The summed E-state index contributed by atoms with van der Waals surface area (Å²) in [5.41, 5.74) is -0.244. The Morgan fingerprint density at radius 1 is 1.06 bits per heavy atom. The monoisotopic (exact) mass is 225 g/mol. The number of halogens is 2. The van der Waals surface area contributed by atoms with Gasteiger partial charge in [-0.3, -0.25) is 14.5 Å². The summed E-state index contributed by atoms with van der Waals surface area (Å²) in [6.07, 6.45) is 0.240. The molecular weight excluding hydrogens is 216 g/mol. The summed E-state index contributed by atoms with van der Waals surface area (Å²) in [7, 11) is 0. The van der Waals surface area contributed by atoms with Gasteiger partial charge in [0, 0.05) is 18.4 Å². The second-order valence-corrected chi connectivity index (χ2v) is 3.57. The van der Waals surface area contributed by atoms with Crippen molar-refractivity contribution in [2.45, 2.75) is 19.4 Å². The minimum absolute atomic E-state index is 0.120. The fourth-order valence-electron chi connectivity index (χ4n) is 1.64. The molecule has 0 atom stereocenters. The lowest BCUT2D eigenvalue weighted by Crippen LogP contribution is -2.29. The smallest absolute Gasteiger partial charge is 0.230 e. The first kappa shape index (κ1) is 10.7. The molecule has 1 aromatic carbocycles. The lowest BCUT2D eigenvalue weighted by atomic mass is 10.2. The zero-order valence-corrected chi connectivity index (χ0v) is 8.37. The van der Waals surface area contributed by atoms with E-state index in [1.54, 1.807) is 0 Å². The van der Waals surface area contributed by atoms with E-state index in [4.69, 9.17) is 0 Å². The maximum Gasteiger partial charge on any atom is 0.230 e. The minimum Gasteiger partial charge on any atom is -0.278 e. The van der Waals surface area contributed by atoms with Gasteiger partial charge in [-0.25, -0.2) is 8.78 Å². The Morgan fingerprint density at radius 2 is 1.56 bits per heavy atom. The second kappa shape index (κ2) is 4.00. The van der Waals surface area contributed by atoms with Crippen molar-refractivity contribution in [3.8, 4) is 0 Å². The number of benzene rings is 1. The number of carbonyl (C=O) groups excluding carboxylic acids is 2. The van der Waals surface area contributed by atoms with Gasteiger partial charge in [0.05, 0.1) is 6.54 Å². The molecule has 1 aliphatic rings. The third-order valence-corrected chi connectivity index (χ3v) is 2.53. The van der Waals surface area contributed by atoms with E-state index in [1.807, 2.05) is 0 Å². The molecule has 3 nitrogen and oxygen atoms in total. The van der Waals surface area contributed by atoms with Crippen LogP contribution in [0.25, 0.3) is 0 Å². The van der Waals surface area contributed by atoms with Crippen LogP contribution in [-0.2, 0) is 16.1 Å². The molecule has 0 unspecified atom stereocenters. The Hall–Kier alpha value is -1.78. The third-order valence-electron chi connectivity index (χ3n) is 2.53. The molecule has 0 N–H and O–H groups in total. The van der Waals surface area contributed by atoms with Crippen molar-refractivity contribution >= 4 is 11.8 Å². The van der Waals surface area contributed by atoms with Crippen molar-refractivity contribution in [3.05, 3.63) is 35.4 Å². The zero-order valence-electron chi connectivity index (χ0n) is 8.37. The predicted octanol–water partition coefficient (Wildman–Crippen LogP) is 1.61. The van der Waals surface area contributed by atoms with Gasteiger partial charge >= 0.3 is 0 Å². The Kier molecular flexibility index (Phi) is 2.68. The Morgan fingerprint density at radius 3 is 2.06 bits per heavy atom. The van der Waals surface area contributed by atoms with Crippen LogP contribution in [0.15, 0.2) is 18.2 Å². The van der Waals surface area contributed by atoms with Crippen LogP contribution in [0.3, 0.4) is 0 Å². The molecular formula is C11H9F2NO2. The van der Waals surface area contributed by atoms with Crippen LogP contribution in [0.5, 0.6) is 0 Å². The fraction of sp³-hybridized carbons (Fsp3) is 0.273. The van der Waals surface area contributed by atoms with E-state index in [-0.39, 0.29) is 36.8 Å². The van der Waals surface area contributed by atoms with Crippen molar-refractivity contribution in [1.29, 1.82) is 0 Å². The topological polar surface area (TPSA) is 37.4 Å². The van der Waals surface area contributed by atoms with E-state index < -0.39 is 11.6 Å². The first-order chi connectivity index (χ1) is 7.59. The SMILES string of the molecule is O=C1CCC(=O)N1Cc1c(F)cccc1F. The van der Waals surface area contributed by atoms with Crippen LogP contribution in [0.4, 0.5) is 8.78 Å². The summed E-state index contributed by atoms with van der Waals surface area (Å²) in [6, 6.07) is 3.44. The number of imide groups is 1. The summed E-state index contributed by atoms with van der Waals surface area (Å²) in [4.78, 5) is 23.4. The van der Waals surface area contributed by atoms with E-state index in [2.05, 4.69) is 0 Å². The average Bonchev–Trinajstić information content (AvgIpc) is 2.54. The Balaban J connectivity index is 2.27. The molecule has 16 heavy (non-hydrogen) atoms. The highest BCUT2D eigenvalue weighted by Gasteiger charge is 2.30. The number of likely N-dealkylation sites (tertiary alicyclic amines) is 1. The summed E-state index contributed by atoms with van der Waals surface area (Å²) in [5, 5.41) is 0. The predicted molar refractivity (Wildman–Crippen MR) is 51.1 cm³/mol. The van der Waals surface area contributed by atoms with Gasteiger partial charge < -0.3 is 0 Å². The lowest BCUT2D eigenvalue weighted by molar-refractivity contribution is -0.139. The van der Waals surface area contributed by atoms with E-state index in [1.165, 1.54) is 6.07 Å². The number of amides is 2. The van der Waals surface area contributed by atoms with Crippen LogP contribution in [0.1, 0.15) is 18.4 Å². The molecule has 0 saturated carbocycles. The van der Waals surface area contributed by atoms with E-state index in [0.717, 1.165) is 17.0 Å². The van der Waals surface area contributed by atoms with Gasteiger partial charge in [0.25, 0.3) is 0 Å². The van der Waals surface area contributed by atoms with Crippen LogP contribution in [0.2, 0.25) is 0 Å². The van der Waals surface area contributed by atoms with Crippen LogP contribution in [-0.4, -0.2) is 16.7 Å². The third kappa shape index (κ3) is 1.80. The maximum atomic E-state index is 13.3. The van der Waals surface area contributed by atoms with Crippen molar-refractivity contribution in [3.63, 3.8) is 0 Å². The van der Waals surface area contributed by atoms with Gasteiger partial charge in [-0.15, -0.1) is 0 Å². The van der Waals surface area contributed by atoms with Crippen LogP contribution < -0.4 is 0 Å². The molecule has 5 heteroatoms. The molecule has 1 heterocycles. The molecule has 0 radical (unpaired) electrons. The van der Waals surface area contributed by atoms with Crippen molar-refractivity contribution < 1.29 is 18.4 Å². The zero-order chi connectivity index (χ0) is 11.7. The highest BCUT2D eigenvalue weighted by molar-refractivity contribution is 6.01. The van der Waals surface area contributed by atoms with Crippen LogP contribution >= 0.6 is 0 Å². The molecule has 0 bridgehead atoms. The molecule has 1 fully saturated rings. The van der Waals surface area contributed by atoms with Gasteiger partial charge in [0.2, 0.25) is 11.8 Å². The van der Waals surface area contributed by atoms with Gasteiger partial charge in [-0.2, -0.15) is 0 Å². The number of rotatable bonds is 2. The Bertz CT molecular complexity index is 423. The van der Waals surface area contributed by atoms with Crippen molar-refractivity contribution in [2.75, 3.05) is 0 Å². The van der Waals surface area contributed by atoms with E-state index in [0.29, 0.717) is 0 Å². The highest BCUT2D eigenvalue weighted by atomic mass is 19.1. The van der Waals surface area contributed by atoms with Gasteiger partial charge in [0.1, 0.15) is 11.6 Å². The second-order valence-electron chi connectivity index (χ2n) is 3.57. The first-order valence-electron chi connectivity index (χ1n) is 4.85. The van der Waals surface area contributed by atoms with Crippen molar-refractivity contribution in [2.24, 2.45) is 0 Å². The standard InChI is InChI=1S/C11H9F2NO2/c12-8-2-1-3-9(13)7(8)6-14-10(15)4-5-11(14)16/h1-3H,4-6H2. The molecule has 2 amide bonds. The summed E-state index contributed by atoms with van der Waals surface area (Å²) >= 11 is 0. The fourth-order valence-corrected chi connectivity index (χ4v) is 1.64. The van der Waals surface area contributed by atoms with Crippen LogP contribution in [0, 0.1) is 11.6 Å². The van der Waals surface area contributed by atoms with E-state index >= 15 is 0 Å². The number of hydrogen-bond donors (Lipinski definition) is 0. The maximum absolute atomic E-state index is 13.3. The highest BCUT2D eigenvalue weighted by Crippen LogP contribution is 2.19. The average molecular weight is 225 g/mol.